The lowest BCUT2D eigenvalue weighted by molar-refractivity contribution is 0.175. The molecule has 4 rings (SSSR count). The molecule has 1 aliphatic heterocycles. The van der Waals surface area contributed by atoms with E-state index in [-0.39, 0.29) is 6.03 Å². The van der Waals surface area contributed by atoms with Gasteiger partial charge in [0.15, 0.2) is 0 Å². The summed E-state index contributed by atoms with van der Waals surface area (Å²) in [5.74, 6) is 2.61. The van der Waals surface area contributed by atoms with E-state index in [1.807, 2.05) is 11.1 Å². The molecule has 2 amide bonds. The summed E-state index contributed by atoms with van der Waals surface area (Å²) in [5.41, 5.74) is 0. The van der Waals surface area contributed by atoms with Crippen molar-refractivity contribution in [1.29, 1.82) is 0 Å². The van der Waals surface area contributed by atoms with Crippen molar-refractivity contribution >= 4 is 6.03 Å². The number of amides is 2. The third-order valence-electron chi connectivity index (χ3n) is 6.26. The zero-order valence-electron chi connectivity index (χ0n) is 14.6. The van der Waals surface area contributed by atoms with Crippen LogP contribution < -0.4 is 5.32 Å². The van der Waals surface area contributed by atoms with E-state index < -0.39 is 0 Å². The van der Waals surface area contributed by atoms with E-state index in [4.69, 9.17) is 0 Å². The first-order chi connectivity index (χ1) is 11.8. The van der Waals surface area contributed by atoms with Crippen molar-refractivity contribution in [2.75, 3.05) is 13.1 Å². The van der Waals surface area contributed by atoms with Gasteiger partial charge in [0.05, 0.1) is 0 Å². The van der Waals surface area contributed by atoms with Gasteiger partial charge in [-0.25, -0.2) is 9.78 Å². The summed E-state index contributed by atoms with van der Waals surface area (Å²) in [4.78, 5) is 19.1. The van der Waals surface area contributed by atoms with Crippen molar-refractivity contribution in [3.8, 4) is 0 Å². The minimum Gasteiger partial charge on any atom is -0.335 e. The fourth-order valence-electron chi connectivity index (χ4n) is 4.47. The molecule has 1 saturated heterocycles. The van der Waals surface area contributed by atoms with E-state index >= 15 is 0 Å². The molecule has 1 aromatic heterocycles. The van der Waals surface area contributed by atoms with Gasteiger partial charge in [-0.15, -0.1) is 0 Å². The number of rotatable bonds is 4. The Hall–Kier alpha value is -1.52. The highest BCUT2D eigenvalue weighted by atomic mass is 16.2. The Morgan fingerprint density at radius 3 is 2.50 bits per heavy atom. The number of piperidine rings is 1. The Morgan fingerprint density at radius 1 is 1.08 bits per heavy atom. The minimum atomic E-state index is 0.151. The van der Waals surface area contributed by atoms with Crippen LogP contribution in [0.3, 0.4) is 0 Å². The van der Waals surface area contributed by atoms with Gasteiger partial charge in [0.2, 0.25) is 0 Å². The van der Waals surface area contributed by atoms with E-state index in [2.05, 4.69) is 21.1 Å². The lowest BCUT2D eigenvalue weighted by Crippen LogP contribution is -2.47. The smallest absolute Gasteiger partial charge is 0.317 e. The van der Waals surface area contributed by atoms with Crippen LogP contribution in [0.2, 0.25) is 0 Å². The van der Waals surface area contributed by atoms with Crippen molar-refractivity contribution in [1.82, 2.24) is 19.8 Å². The summed E-state index contributed by atoms with van der Waals surface area (Å²) in [6.07, 6.45) is 15.1. The molecule has 1 N–H and O–H groups in total. The lowest BCUT2D eigenvalue weighted by Gasteiger charge is -2.33. The largest absolute Gasteiger partial charge is 0.335 e. The maximum Gasteiger partial charge on any atom is 0.317 e. The Kier molecular flexibility index (Phi) is 4.76. The molecule has 1 aromatic rings. The maximum atomic E-state index is 12.4. The van der Waals surface area contributed by atoms with Crippen molar-refractivity contribution < 1.29 is 4.79 Å². The summed E-state index contributed by atoms with van der Waals surface area (Å²) < 4.78 is 2.38. The Morgan fingerprint density at radius 2 is 1.83 bits per heavy atom. The zero-order valence-corrected chi connectivity index (χ0v) is 14.6. The first kappa shape index (κ1) is 16.0. The standard InChI is InChI=1S/C19H30N4O/c24-19(21-17-6-1-2-7-17)22-11-8-16(9-12-22)18-20-10-13-23(18)14-15-4-3-5-15/h10,13,15-17H,1-9,11-12,14H2,(H,21,24). The SMILES string of the molecule is O=C(NC1CCCC1)N1CCC(c2nccn2CC2CCC2)CC1. The zero-order chi connectivity index (χ0) is 16.4. The van der Waals surface area contributed by atoms with E-state index in [0.29, 0.717) is 12.0 Å². The number of hydrogen-bond acceptors (Lipinski definition) is 2. The van der Waals surface area contributed by atoms with Gasteiger partial charge in [-0.05, 0) is 44.4 Å². The van der Waals surface area contributed by atoms with Crippen LogP contribution in [0.25, 0.3) is 0 Å². The number of hydrogen-bond donors (Lipinski definition) is 1. The van der Waals surface area contributed by atoms with Crippen LogP contribution in [-0.4, -0.2) is 39.6 Å². The molecule has 5 nitrogen and oxygen atoms in total. The molecule has 0 bridgehead atoms. The number of nitrogens with zero attached hydrogens (tertiary/aromatic N) is 3. The molecule has 3 fully saturated rings. The van der Waals surface area contributed by atoms with Crippen LogP contribution >= 0.6 is 0 Å². The molecule has 0 unspecified atom stereocenters. The molecular weight excluding hydrogens is 300 g/mol. The molecule has 2 aliphatic carbocycles. The van der Waals surface area contributed by atoms with Gasteiger partial charge >= 0.3 is 6.03 Å². The van der Waals surface area contributed by atoms with Crippen LogP contribution in [0.15, 0.2) is 12.4 Å². The third-order valence-corrected chi connectivity index (χ3v) is 6.26. The van der Waals surface area contributed by atoms with Crippen LogP contribution in [0.5, 0.6) is 0 Å². The van der Waals surface area contributed by atoms with E-state index in [1.54, 1.807) is 0 Å². The second kappa shape index (κ2) is 7.16. The fourth-order valence-corrected chi connectivity index (χ4v) is 4.47. The molecule has 24 heavy (non-hydrogen) atoms. The van der Waals surface area contributed by atoms with Gasteiger partial charge < -0.3 is 14.8 Å². The molecule has 3 aliphatic rings. The van der Waals surface area contributed by atoms with Gasteiger partial charge in [0.1, 0.15) is 5.82 Å². The Bertz CT molecular complexity index is 551. The normalized spacial score (nSPS) is 23.4. The number of carbonyl (C=O) groups is 1. The van der Waals surface area contributed by atoms with Gasteiger partial charge in [-0.3, -0.25) is 0 Å². The molecule has 132 valence electrons. The predicted octanol–water partition coefficient (Wildman–Crippen LogP) is 3.51. The predicted molar refractivity (Wildman–Crippen MR) is 93.9 cm³/mol. The maximum absolute atomic E-state index is 12.4. The van der Waals surface area contributed by atoms with Crippen molar-refractivity contribution in [2.24, 2.45) is 5.92 Å². The van der Waals surface area contributed by atoms with Crippen molar-refractivity contribution in [3.63, 3.8) is 0 Å². The van der Waals surface area contributed by atoms with Gasteiger partial charge in [0.25, 0.3) is 0 Å². The summed E-state index contributed by atoms with van der Waals surface area (Å²) >= 11 is 0. The molecule has 0 atom stereocenters. The van der Waals surface area contributed by atoms with Gasteiger partial charge in [-0.1, -0.05) is 19.3 Å². The van der Waals surface area contributed by atoms with Crippen molar-refractivity contribution in [2.45, 2.75) is 76.3 Å². The second-order valence-electron chi connectivity index (χ2n) is 7.93. The Balaban J connectivity index is 1.29. The highest BCUT2D eigenvalue weighted by Gasteiger charge is 2.28. The molecule has 5 heteroatoms. The molecule has 0 spiro atoms. The monoisotopic (exact) mass is 330 g/mol. The van der Waals surface area contributed by atoms with Crippen LogP contribution in [0, 0.1) is 5.92 Å². The number of imidazole rings is 1. The molecule has 2 heterocycles. The Labute approximate surface area is 144 Å². The van der Waals surface area contributed by atoms with Crippen LogP contribution in [0.1, 0.15) is 69.5 Å². The van der Waals surface area contributed by atoms with Gasteiger partial charge in [0, 0.05) is 44.0 Å². The third kappa shape index (κ3) is 3.45. The molecule has 0 radical (unpaired) electrons. The number of urea groups is 1. The van der Waals surface area contributed by atoms with Crippen molar-refractivity contribution in [3.05, 3.63) is 18.2 Å². The number of carbonyl (C=O) groups excluding carboxylic acids is 1. The summed E-state index contributed by atoms with van der Waals surface area (Å²) in [5, 5.41) is 3.22. The van der Waals surface area contributed by atoms with Gasteiger partial charge in [-0.2, -0.15) is 0 Å². The highest BCUT2D eigenvalue weighted by molar-refractivity contribution is 5.74. The van der Waals surface area contributed by atoms with Crippen LogP contribution in [-0.2, 0) is 6.54 Å². The average Bonchev–Trinajstić information content (AvgIpc) is 3.22. The summed E-state index contributed by atoms with van der Waals surface area (Å²) in [7, 11) is 0. The minimum absolute atomic E-state index is 0.151. The van der Waals surface area contributed by atoms with E-state index in [0.717, 1.165) is 51.2 Å². The summed E-state index contributed by atoms with van der Waals surface area (Å²) in [6, 6.07) is 0.565. The highest BCUT2D eigenvalue weighted by Crippen LogP contribution is 2.31. The quantitative estimate of drug-likeness (QED) is 0.918. The van der Waals surface area contributed by atoms with E-state index in [1.165, 1.54) is 37.9 Å². The topological polar surface area (TPSA) is 50.2 Å². The summed E-state index contributed by atoms with van der Waals surface area (Å²) in [6.45, 7) is 2.86. The first-order valence-corrected chi connectivity index (χ1v) is 9.86. The second-order valence-corrected chi connectivity index (χ2v) is 7.93. The number of likely N-dealkylation sites (tertiary alicyclic amines) is 1. The number of nitrogens with one attached hydrogen (secondary N) is 1. The fraction of sp³-hybridized carbons (Fsp3) is 0.789. The number of aromatic nitrogens is 2. The molecule has 0 aromatic carbocycles. The van der Waals surface area contributed by atoms with Crippen LogP contribution in [0.4, 0.5) is 4.79 Å². The average molecular weight is 330 g/mol. The molecule has 2 saturated carbocycles. The molecular formula is C19H30N4O. The first-order valence-electron chi connectivity index (χ1n) is 9.86. The lowest BCUT2D eigenvalue weighted by atomic mass is 9.85. The van der Waals surface area contributed by atoms with E-state index in [9.17, 15) is 4.79 Å².